The third kappa shape index (κ3) is 4.32. The average molecular weight is 406 g/mol. The number of hydrogen-bond acceptors (Lipinski definition) is 7. The van der Waals surface area contributed by atoms with Gasteiger partial charge in [-0.3, -0.25) is 14.9 Å². The van der Waals surface area contributed by atoms with Crippen molar-refractivity contribution in [3.8, 4) is 11.5 Å². The van der Waals surface area contributed by atoms with Crippen LogP contribution in [0.1, 0.15) is 24.5 Å². The monoisotopic (exact) mass is 405 g/mol. The second kappa shape index (κ2) is 8.13. The summed E-state index contributed by atoms with van der Waals surface area (Å²) in [5.41, 5.74) is 0.442. The van der Waals surface area contributed by atoms with Crippen molar-refractivity contribution in [3.05, 3.63) is 74.9 Å². The number of rotatable bonds is 6. The van der Waals surface area contributed by atoms with E-state index in [1.807, 2.05) is 0 Å². The van der Waals surface area contributed by atoms with Crippen molar-refractivity contribution in [2.45, 2.75) is 19.4 Å². The van der Waals surface area contributed by atoms with E-state index in [4.69, 9.17) is 20.8 Å². The quantitative estimate of drug-likeness (QED) is 0.342. The fourth-order valence-electron chi connectivity index (χ4n) is 2.38. The maximum atomic E-state index is 13.8. The number of nitrogens with zero attached hydrogens (tertiary/aromatic N) is 3. The van der Waals surface area contributed by atoms with Gasteiger partial charge in [0.15, 0.2) is 6.10 Å². The van der Waals surface area contributed by atoms with Crippen molar-refractivity contribution < 1.29 is 23.3 Å². The molecule has 0 bridgehead atoms. The first-order valence-electron chi connectivity index (χ1n) is 8.05. The Bertz CT molecular complexity index is 1000. The Hall–Kier alpha value is -3.33. The van der Waals surface area contributed by atoms with Crippen molar-refractivity contribution in [1.29, 1.82) is 0 Å². The molecule has 3 rings (SSSR count). The Labute approximate surface area is 163 Å². The molecule has 0 aliphatic carbocycles. The van der Waals surface area contributed by atoms with Crippen LogP contribution in [-0.2, 0) is 16.0 Å². The van der Waals surface area contributed by atoms with Gasteiger partial charge in [-0.15, -0.1) is 10.2 Å². The third-order valence-corrected chi connectivity index (χ3v) is 4.16. The van der Waals surface area contributed by atoms with E-state index in [9.17, 15) is 19.3 Å². The third-order valence-electron chi connectivity index (χ3n) is 3.80. The summed E-state index contributed by atoms with van der Waals surface area (Å²) < 4.78 is 24.4. The Morgan fingerprint density at radius 2 is 2.00 bits per heavy atom. The van der Waals surface area contributed by atoms with Crippen LogP contribution in [0.15, 0.2) is 46.9 Å². The zero-order chi connectivity index (χ0) is 20.3. The number of aromatic nitrogens is 2. The lowest BCUT2D eigenvalue weighted by molar-refractivity contribution is -0.384. The first kappa shape index (κ1) is 19.4. The van der Waals surface area contributed by atoms with E-state index in [1.165, 1.54) is 49.4 Å². The van der Waals surface area contributed by atoms with Crippen LogP contribution >= 0.6 is 11.6 Å². The normalized spacial score (nSPS) is 11.8. The van der Waals surface area contributed by atoms with Gasteiger partial charge in [0, 0.05) is 28.3 Å². The molecule has 1 heterocycles. The molecule has 3 aromatic rings. The molecule has 28 heavy (non-hydrogen) atoms. The number of esters is 1. The molecule has 0 saturated heterocycles. The smallest absolute Gasteiger partial charge is 0.311 e. The number of carbonyl (C=O) groups is 1. The number of benzene rings is 2. The predicted octanol–water partition coefficient (Wildman–Crippen LogP) is 4.28. The highest BCUT2D eigenvalue weighted by atomic mass is 35.5. The van der Waals surface area contributed by atoms with E-state index in [0.717, 1.165) is 0 Å². The first-order valence-corrected chi connectivity index (χ1v) is 8.43. The van der Waals surface area contributed by atoms with Gasteiger partial charge < -0.3 is 9.15 Å². The minimum Gasteiger partial charge on any atom is -0.452 e. The standard InChI is InChI=1S/C18H13ClFN3O5/c1-10(27-16(24)9-13-14(19)3-2-4-15(13)20)17-21-22-18(28-17)11-5-7-12(8-6-11)23(25)26/h2-8,10H,9H2,1H3/t10-/m1/s1. The van der Waals surface area contributed by atoms with Gasteiger partial charge in [-0.05, 0) is 31.2 Å². The molecule has 10 heteroatoms. The SMILES string of the molecule is C[C@@H](OC(=O)Cc1c(F)cccc1Cl)c1nnc(-c2ccc([N+](=O)[O-])cc2)o1. The lowest BCUT2D eigenvalue weighted by Crippen LogP contribution is -2.13. The topological polar surface area (TPSA) is 108 Å². The zero-order valence-corrected chi connectivity index (χ0v) is 15.2. The van der Waals surface area contributed by atoms with Crippen LogP contribution in [0.3, 0.4) is 0 Å². The number of nitro groups is 1. The minimum absolute atomic E-state index is 0.0290. The largest absolute Gasteiger partial charge is 0.452 e. The summed E-state index contributed by atoms with van der Waals surface area (Å²) in [4.78, 5) is 22.2. The molecule has 144 valence electrons. The Kier molecular flexibility index (Phi) is 5.65. The molecule has 0 fully saturated rings. The van der Waals surface area contributed by atoms with E-state index in [2.05, 4.69) is 10.2 Å². The van der Waals surface area contributed by atoms with Crippen LogP contribution in [0.5, 0.6) is 0 Å². The predicted molar refractivity (Wildman–Crippen MR) is 96.0 cm³/mol. The van der Waals surface area contributed by atoms with Crippen molar-refractivity contribution in [1.82, 2.24) is 10.2 Å². The number of hydrogen-bond donors (Lipinski definition) is 0. The molecule has 0 amide bonds. The van der Waals surface area contributed by atoms with Crippen molar-refractivity contribution in [2.24, 2.45) is 0 Å². The Morgan fingerprint density at radius 3 is 2.64 bits per heavy atom. The molecule has 0 aliphatic heterocycles. The molecule has 0 N–H and O–H groups in total. The maximum Gasteiger partial charge on any atom is 0.311 e. The van der Waals surface area contributed by atoms with E-state index in [1.54, 1.807) is 0 Å². The molecule has 0 radical (unpaired) electrons. The summed E-state index contributed by atoms with van der Waals surface area (Å²) in [6, 6.07) is 9.66. The van der Waals surface area contributed by atoms with Crippen molar-refractivity contribution in [2.75, 3.05) is 0 Å². The maximum absolute atomic E-state index is 13.8. The molecular formula is C18H13ClFN3O5. The van der Waals surface area contributed by atoms with Crippen LogP contribution in [-0.4, -0.2) is 21.1 Å². The highest BCUT2D eigenvalue weighted by Crippen LogP contribution is 2.25. The fourth-order valence-corrected chi connectivity index (χ4v) is 2.61. The summed E-state index contributed by atoms with van der Waals surface area (Å²) >= 11 is 5.90. The summed E-state index contributed by atoms with van der Waals surface area (Å²) in [5, 5.41) is 18.5. The molecule has 0 unspecified atom stereocenters. The molecule has 0 spiro atoms. The van der Waals surface area contributed by atoms with Gasteiger partial charge >= 0.3 is 5.97 Å². The van der Waals surface area contributed by atoms with E-state index < -0.39 is 22.8 Å². The fraction of sp³-hybridized carbons (Fsp3) is 0.167. The van der Waals surface area contributed by atoms with Gasteiger partial charge in [-0.25, -0.2) is 4.39 Å². The number of nitro benzene ring substituents is 1. The average Bonchev–Trinajstić information content (AvgIpc) is 3.15. The van der Waals surface area contributed by atoms with Crippen LogP contribution in [0, 0.1) is 15.9 Å². The van der Waals surface area contributed by atoms with Gasteiger partial charge in [0.25, 0.3) is 11.6 Å². The van der Waals surface area contributed by atoms with Crippen molar-refractivity contribution >= 4 is 23.3 Å². The Balaban J connectivity index is 1.67. The second-order valence-corrected chi connectivity index (χ2v) is 6.17. The van der Waals surface area contributed by atoms with E-state index >= 15 is 0 Å². The van der Waals surface area contributed by atoms with E-state index in [-0.39, 0.29) is 34.5 Å². The highest BCUT2D eigenvalue weighted by molar-refractivity contribution is 6.31. The lowest BCUT2D eigenvalue weighted by Gasteiger charge is -2.10. The molecule has 0 saturated carbocycles. The Morgan fingerprint density at radius 1 is 1.29 bits per heavy atom. The summed E-state index contributed by atoms with van der Waals surface area (Å²) in [6.45, 7) is 1.52. The van der Waals surface area contributed by atoms with Crippen molar-refractivity contribution in [3.63, 3.8) is 0 Å². The molecular weight excluding hydrogens is 393 g/mol. The van der Waals surface area contributed by atoms with Crippen LogP contribution in [0.4, 0.5) is 10.1 Å². The highest BCUT2D eigenvalue weighted by Gasteiger charge is 2.21. The number of carbonyl (C=O) groups excluding carboxylic acids is 1. The molecule has 1 atom stereocenters. The minimum atomic E-state index is -0.877. The number of non-ortho nitro benzene ring substituents is 1. The van der Waals surface area contributed by atoms with Gasteiger partial charge in [0.2, 0.25) is 5.89 Å². The van der Waals surface area contributed by atoms with Crippen LogP contribution in [0.2, 0.25) is 5.02 Å². The zero-order valence-electron chi connectivity index (χ0n) is 14.5. The van der Waals surface area contributed by atoms with Gasteiger partial charge in [0.1, 0.15) is 5.82 Å². The molecule has 2 aromatic carbocycles. The summed E-state index contributed by atoms with van der Waals surface area (Å²) in [6.07, 6.45) is -1.23. The van der Waals surface area contributed by atoms with Crippen LogP contribution in [0.25, 0.3) is 11.5 Å². The van der Waals surface area contributed by atoms with Crippen LogP contribution < -0.4 is 0 Å². The molecule has 8 nitrogen and oxygen atoms in total. The number of ether oxygens (including phenoxy) is 1. The molecule has 1 aromatic heterocycles. The number of halogens is 2. The lowest BCUT2D eigenvalue weighted by atomic mass is 10.1. The first-order chi connectivity index (χ1) is 13.3. The van der Waals surface area contributed by atoms with Gasteiger partial charge in [-0.1, -0.05) is 17.7 Å². The van der Waals surface area contributed by atoms with Gasteiger partial charge in [0.05, 0.1) is 11.3 Å². The second-order valence-electron chi connectivity index (χ2n) is 5.76. The summed E-state index contributed by atoms with van der Waals surface area (Å²) in [5.74, 6) is -1.17. The van der Waals surface area contributed by atoms with E-state index in [0.29, 0.717) is 5.56 Å². The van der Waals surface area contributed by atoms with Gasteiger partial charge in [-0.2, -0.15) is 0 Å². The molecule has 0 aliphatic rings. The summed E-state index contributed by atoms with van der Waals surface area (Å²) in [7, 11) is 0.